The largest absolute Gasteiger partial charge is 0.493 e. The summed E-state index contributed by atoms with van der Waals surface area (Å²) in [5.74, 6) is -3.08. The van der Waals surface area contributed by atoms with E-state index in [1.165, 1.54) is 6.07 Å². The summed E-state index contributed by atoms with van der Waals surface area (Å²) in [6.45, 7) is 3.74. The minimum absolute atomic E-state index is 0.0545. The third-order valence-electron chi connectivity index (χ3n) is 9.71. The van der Waals surface area contributed by atoms with Gasteiger partial charge >= 0.3 is 12.1 Å². The Kier molecular flexibility index (Phi) is 11.6. The van der Waals surface area contributed by atoms with Crippen molar-refractivity contribution < 1.29 is 41.4 Å². The molecule has 2 bridgehead atoms. The van der Waals surface area contributed by atoms with E-state index in [1.807, 2.05) is 0 Å². The number of halogens is 5. The number of amides is 1. The number of alkyl halides is 3. The van der Waals surface area contributed by atoms with Crippen molar-refractivity contribution in [3.8, 4) is 16.9 Å². The molecular weight excluding hydrogens is 673 g/mol. The molecule has 276 valence electrons. The first-order chi connectivity index (χ1) is 24.1. The number of nitrogens with zero attached hydrogens (tertiary/aromatic N) is 2. The van der Waals surface area contributed by atoms with Crippen molar-refractivity contribution in [2.24, 2.45) is 0 Å². The molecular formula is C38H44F5N3O5. The molecule has 1 aromatic heterocycles. The molecule has 2 heterocycles. The summed E-state index contributed by atoms with van der Waals surface area (Å²) in [6.07, 6.45) is -0.843. The van der Waals surface area contributed by atoms with Crippen molar-refractivity contribution in [2.45, 2.75) is 95.8 Å². The highest BCUT2D eigenvalue weighted by atomic mass is 19.4. The SMILES string of the molecule is Cc1cc2c(c(C)c1F)-c1cc(C3CC3)c(F)c(c1)[C@H](CC(=O)O)NC(=O)[C@@H](n1cc(CCN(C)C)c(C(F)(F)F)cc1=O)CCCCCCO2. The van der Waals surface area contributed by atoms with Gasteiger partial charge in [-0.3, -0.25) is 14.4 Å². The van der Waals surface area contributed by atoms with Crippen molar-refractivity contribution in [3.63, 3.8) is 0 Å². The zero-order valence-electron chi connectivity index (χ0n) is 29.3. The third kappa shape index (κ3) is 8.80. The average Bonchev–Trinajstić information content (AvgIpc) is 3.89. The van der Waals surface area contributed by atoms with Gasteiger partial charge in [0.2, 0.25) is 5.91 Å². The predicted octanol–water partition coefficient (Wildman–Crippen LogP) is 7.63. The Labute approximate surface area is 293 Å². The van der Waals surface area contributed by atoms with Gasteiger partial charge in [-0.05, 0) is 112 Å². The summed E-state index contributed by atoms with van der Waals surface area (Å²) in [4.78, 5) is 41.4. The fraction of sp³-hybridized carbons (Fsp3) is 0.500. The number of carbonyl (C=O) groups is 2. The number of hydrogen-bond acceptors (Lipinski definition) is 5. The number of benzene rings is 2. The third-order valence-corrected chi connectivity index (χ3v) is 9.71. The minimum atomic E-state index is -4.81. The second-order valence-electron chi connectivity index (χ2n) is 14.0. The highest BCUT2D eigenvalue weighted by Gasteiger charge is 2.37. The molecule has 2 aromatic carbocycles. The molecule has 1 aliphatic carbocycles. The fourth-order valence-corrected chi connectivity index (χ4v) is 6.85. The molecule has 1 saturated carbocycles. The van der Waals surface area contributed by atoms with E-state index in [-0.39, 0.29) is 48.6 Å². The van der Waals surface area contributed by atoms with Crippen molar-refractivity contribution in [1.29, 1.82) is 0 Å². The van der Waals surface area contributed by atoms with E-state index in [0.717, 1.165) is 10.8 Å². The van der Waals surface area contributed by atoms with Crippen LogP contribution in [0.4, 0.5) is 22.0 Å². The summed E-state index contributed by atoms with van der Waals surface area (Å²) in [5.41, 5.74) is -0.676. The van der Waals surface area contributed by atoms with Gasteiger partial charge in [0.05, 0.1) is 24.6 Å². The van der Waals surface area contributed by atoms with Crippen LogP contribution in [0.5, 0.6) is 5.75 Å². The molecule has 3 aromatic rings. The van der Waals surface area contributed by atoms with Crippen LogP contribution in [-0.4, -0.2) is 53.7 Å². The molecule has 8 nitrogen and oxygen atoms in total. The summed E-state index contributed by atoms with van der Waals surface area (Å²) < 4.78 is 81.1. The molecule has 0 unspecified atom stereocenters. The molecule has 0 saturated heterocycles. The highest BCUT2D eigenvalue weighted by Crippen LogP contribution is 2.46. The zero-order chi connectivity index (χ0) is 37.2. The first kappa shape index (κ1) is 38.0. The number of ether oxygens (including phenoxy) is 1. The molecule has 2 N–H and O–H groups in total. The number of aryl methyl sites for hydroxylation is 1. The van der Waals surface area contributed by atoms with Gasteiger partial charge in [0, 0.05) is 29.9 Å². The Hall–Kier alpha value is -4.26. The number of pyridine rings is 1. The Morgan fingerprint density at radius 1 is 0.980 bits per heavy atom. The van der Waals surface area contributed by atoms with Crippen molar-refractivity contribution in [2.75, 3.05) is 27.2 Å². The molecule has 5 rings (SSSR count). The lowest BCUT2D eigenvalue weighted by Gasteiger charge is -2.27. The molecule has 13 heteroatoms. The van der Waals surface area contributed by atoms with Gasteiger partial charge in [-0.2, -0.15) is 13.2 Å². The molecule has 2 atom stereocenters. The lowest BCUT2D eigenvalue weighted by molar-refractivity contribution is -0.139. The summed E-state index contributed by atoms with van der Waals surface area (Å²) in [6, 6.07) is 2.38. The van der Waals surface area contributed by atoms with Crippen molar-refractivity contribution in [1.82, 2.24) is 14.8 Å². The van der Waals surface area contributed by atoms with Gasteiger partial charge in [0.25, 0.3) is 5.56 Å². The monoisotopic (exact) mass is 717 g/mol. The quantitative estimate of drug-likeness (QED) is 0.244. The fourth-order valence-electron chi connectivity index (χ4n) is 6.85. The molecule has 1 amide bonds. The smallest absolute Gasteiger partial charge is 0.416 e. The van der Waals surface area contributed by atoms with Crippen LogP contribution in [0, 0.1) is 25.5 Å². The van der Waals surface area contributed by atoms with Crippen LogP contribution >= 0.6 is 0 Å². The number of fused-ring (bicyclic) bond motifs is 4. The van der Waals surface area contributed by atoms with Crippen molar-refractivity contribution >= 4 is 11.9 Å². The number of nitrogens with one attached hydrogen (secondary N) is 1. The van der Waals surface area contributed by atoms with Gasteiger partial charge in [-0.15, -0.1) is 0 Å². The molecule has 1 aliphatic heterocycles. The maximum Gasteiger partial charge on any atom is 0.416 e. The summed E-state index contributed by atoms with van der Waals surface area (Å²) in [7, 11) is 3.40. The molecule has 2 aliphatic rings. The molecule has 0 radical (unpaired) electrons. The predicted molar refractivity (Wildman–Crippen MR) is 182 cm³/mol. The second-order valence-corrected chi connectivity index (χ2v) is 14.0. The minimum Gasteiger partial charge on any atom is -0.493 e. The van der Waals surface area contributed by atoms with E-state index in [1.54, 1.807) is 45.0 Å². The number of likely N-dealkylation sites (N-methyl/N-ethyl adjacent to an activating group) is 1. The first-order valence-corrected chi connectivity index (χ1v) is 17.3. The Balaban J connectivity index is 1.67. The molecule has 1 fully saturated rings. The maximum atomic E-state index is 16.4. The Morgan fingerprint density at radius 3 is 2.31 bits per heavy atom. The summed E-state index contributed by atoms with van der Waals surface area (Å²) >= 11 is 0. The Bertz CT molecular complexity index is 1850. The van der Waals surface area contributed by atoms with Crippen LogP contribution in [0.2, 0.25) is 0 Å². The standard InChI is InChI=1S/C38H44F5N3O5/c1-21-15-31-34(22(2)35(21)39)25-16-26(23-10-11-23)36(40)27(17-25)29(19-33(48)49)44-37(50)30(9-7-5-6-8-14-51-31)46-20-24(12-13-45(3)4)28(18-32(46)47)38(41,42)43/h15-18,20,23,29-30H,5-14,19H2,1-4H3,(H,44,50)(H,48,49)/t29-,30-/m0/s1. The van der Waals surface area contributed by atoms with Crippen LogP contribution < -0.4 is 15.6 Å². The van der Waals surface area contributed by atoms with E-state index in [2.05, 4.69) is 5.32 Å². The molecule has 0 spiro atoms. The number of carboxylic acids is 1. The lowest BCUT2D eigenvalue weighted by Crippen LogP contribution is -2.40. The number of carbonyl (C=O) groups excluding carboxylic acids is 1. The van der Waals surface area contributed by atoms with Crippen LogP contribution in [0.1, 0.15) is 103 Å². The lowest BCUT2D eigenvalue weighted by atomic mass is 9.89. The number of carboxylic acid groups (broad SMARTS) is 1. The van der Waals surface area contributed by atoms with E-state index >= 15 is 8.78 Å². The van der Waals surface area contributed by atoms with Gasteiger partial charge < -0.3 is 24.6 Å². The number of hydrogen-bond donors (Lipinski definition) is 2. The average molecular weight is 718 g/mol. The van der Waals surface area contributed by atoms with Gasteiger partial charge in [-0.1, -0.05) is 19.3 Å². The Morgan fingerprint density at radius 2 is 1.67 bits per heavy atom. The maximum absolute atomic E-state index is 16.4. The van der Waals surface area contributed by atoms with Crippen LogP contribution in [-0.2, 0) is 22.2 Å². The zero-order valence-corrected chi connectivity index (χ0v) is 29.3. The van der Waals surface area contributed by atoms with E-state index in [9.17, 15) is 32.7 Å². The van der Waals surface area contributed by atoms with Crippen molar-refractivity contribution in [3.05, 3.63) is 85.8 Å². The van der Waals surface area contributed by atoms with Gasteiger partial charge in [0.15, 0.2) is 0 Å². The van der Waals surface area contributed by atoms with E-state index in [4.69, 9.17) is 4.74 Å². The highest BCUT2D eigenvalue weighted by molar-refractivity contribution is 5.82. The van der Waals surface area contributed by atoms with E-state index < -0.39 is 59.3 Å². The van der Waals surface area contributed by atoms with Crippen LogP contribution in [0.15, 0.2) is 35.3 Å². The topological polar surface area (TPSA) is 101 Å². The van der Waals surface area contributed by atoms with Gasteiger partial charge in [-0.25, -0.2) is 8.78 Å². The van der Waals surface area contributed by atoms with E-state index in [0.29, 0.717) is 72.6 Å². The second kappa shape index (κ2) is 15.5. The number of rotatable bonds is 7. The normalized spacial score (nSPS) is 19.0. The first-order valence-electron chi connectivity index (χ1n) is 17.3. The summed E-state index contributed by atoms with van der Waals surface area (Å²) in [5, 5.41) is 12.6. The number of aromatic nitrogens is 1. The van der Waals surface area contributed by atoms with Gasteiger partial charge in [0.1, 0.15) is 23.4 Å². The number of aliphatic carboxylic acids is 1. The van der Waals surface area contributed by atoms with Crippen LogP contribution in [0.25, 0.3) is 11.1 Å². The molecule has 51 heavy (non-hydrogen) atoms. The van der Waals surface area contributed by atoms with Crippen LogP contribution in [0.3, 0.4) is 0 Å².